The van der Waals surface area contributed by atoms with Gasteiger partial charge in [0.25, 0.3) is 0 Å². The van der Waals surface area contributed by atoms with Crippen molar-refractivity contribution in [3.63, 3.8) is 0 Å². The Kier molecular flexibility index (Phi) is 2.49. The molecule has 2 rings (SSSR count). The SMILES string of the molecule is C[C@H]1[C@@H]2C[C@H](C/C2=N\NC(N)=S)C1(C)C. The highest BCUT2D eigenvalue weighted by atomic mass is 32.1. The van der Waals surface area contributed by atoms with Crippen LogP contribution >= 0.6 is 12.2 Å². The maximum Gasteiger partial charge on any atom is 0.184 e. The van der Waals surface area contributed by atoms with Crippen LogP contribution in [0.5, 0.6) is 0 Å². The Morgan fingerprint density at radius 1 is 1.60 bits per heavy atom. The van der Waals surface area contributed by atoms with Crippen molar-refractivity contribution in [3.8, 4) is 0 Å². The van der Waals surface area contributed by atoms with Gasteiger partial charge in [-0.1, -0.05) is 20.8 Å². The van der Waals surface area contributed by atoms with E-state index >= 15 is 0 Å². The van der Waals surface area contributed by atoms with Crippen molar-refractivity contribution in [1.29, 1.82) is 0 Å². The van der Waals surface area contributed by atoms with Gasteiger partial charge in [-0.15, -0.1) is 0 Å². The fraction of sp³-hybridized carbons (Fsp3) is 0.818. The second kappa shape index (κ2) is 3.44. The van der Waals surface area contributed by atoms with Crippen molar-refractivity contribution in [2.45, 2.75) is 33.6 Å². The number of hydrogen-bond acceptors (Lipinski definition) is 2. The predicted octanol–water partition coefficient (Wildman–Crippen LogP) is 1.88. The third-order valence-corrected chi connectivity index (χ3v) is 4.65. The highest BCUT2D eigenvalue weighted by Crippen LogP contribution is 2.57. The summed E-state index contributed by atoms with van der Waals surface area (Å²) >= 11 is 4.75. The largest absolute Gasteiger partial charge is 0.375 e. The zero-order chi connectivity index (χ0) is 11.2. The summed E-state index contributed by atoms with van der Waals surface area (Å²) in [6.07, 6.45) is 2.39. The van der Waals surface area contributed by atoms with Gasteiger partial charge in [-0.25, -0.2) is 0 Å². The van der Waals surface area contributed by atoms with Crippen molar-refractivity contribution in [1.82, 2.24) is 5.43 Å². The van der Waals surface area contributed by atoms with E-state index in [1.807, 2.05) is 0 Å². The van der Waals surface area contributed by atoms with Gasteiger partial charge < -0.3 is 5.73 Å². The maximum atomic E-state index is 5.37. The van der Waals surface area contributed by atoms with Gasteiger partial charge in [0.15, 0.2) is 5.11 Å². The Hall–Kier alpha value is -0.640. The van der Waals surface area contributed by atoms with Gasteiger partial charge in [0.2, 0.25) is 0 Å². The van der Waals surface area contributed by atoms with Crippen LogP contribution in [0.25, 0.3) is 0 Å². The minimum Gasteiger partial charge on any atom is -0.375 e. The lowest BCUT2D eigenvalue weighted by Gasteiger charge is -2.36. The molecule has 2 fully saturated rings. The molecule has 0 aromatic carbocycles. The third kappa shape index (κ3) is 1.65. The van der Waals surface area contributed by atoms with Gasteiger partial charge in [0.1, 0.15) is 0 Å². The minimum atomic E-state index is 0.261. The van der Waals surface area contributed by atoms with Crippen LogP contribution in [0.2, 0.25) is 0 Å². The van der Waals surface area contributed by atoms with Crippen LogP contribution in [0.15, 0.2) is 5.10 Å². The van der Waals surface area contributed by atoms with Gasteiger partial charge in [0, 0.05) is 11.6 Å². The molecule has 0 heterocycles. The molecule has 0 aromatic rings. The molecular formula is C11H19N3S. The summed E-state index contributed by atoms with van der Waals surface area (Å²) < 4.78 is 0. The number of nitrogens with zero attached hydrogens (tertiary/aromatic N) is 1. The van der Waals surface area contributed by atoms with E-state index in [2.05, 4.69) is 31.3 Å². The number of hydrogen-bond donors (Lipinski definition) is 2. The van der Waals surface area contributed by atoms with E-state index in [0.717, 1.165) is 12.3 Å². The van der Waals surface area contributed by atoms with Gasteiger partial charge in [-0.05, 0) is 42.3 Å². The van der Waals surface area contributed by atoms with Gasteiger partial charge >= 0.3 is 0 Å². The molecule has 0 spiro atoms. The average Bonchev–Trinajstić information content (AvgIpc) is 2.64. The Labute approximate surface area is 96.5 Å². The first-order valence-electron chi connectivity index (χ1n) is 5.55. The molecule has 3 nitrogen and oxygen atoms in total. The summed E-state index contributed by atoms with van der Waals surface area (Å²) in [7, 11) is 0. The summed E-state index contributed by atoms with van der Waals surface area (Å²) in [5.74, 6) is 2.12. The number of thiocarbonyl (C=S) groups is 1. The van der Waals surface area contributed by atoms with Crippen molar-refractivity contribution < 1.29 is 0 Å². The standard InChI is InChI=1S/C11H19N3S/c1-6-8-4-7(11(6,2)3)5-9(8)13-14-10(12)15/h6-8H,4-5H2,1-3H3,(H3,12,14,15)/b13-9+/t6-,7+,8-/m0/s1. The van der Waals surface area contributed by atoms with Gasteiger partial charge in [0.05, 0.1) is 0 Å². The minimum absolute atomic E-state index is 0.261. The van der Waals surface area contributed by atoms with Gasteiger partial charge in [-0.3, -0.25) is 5.43 Å². The molecule has 0 saturated heterocycles. The van der Waals surface area contributed by atoms with Crippen LogP contribution in [0.3, 0.4) is 0 Å². The Morgan fingerprint density at radius 3 is 2.73 bits per heavy atom. The van der Waals surface area contributed by atoms with E-state index in [1.165, 1.54) is 12.1 Å². The fourth-order valence-electron chi connectivity index (χ4n) is 3.13. The quantitative estimate of drug-likeness (QED) is 0.529. The molecule has 15 heavy (non-hydrogen) atoms. The number of hydrazone groups is 1. The van der Waals surface area contributed by atoms with E-state index in [9.17, 15) is 0 Å². The normalized spacial score (nSPS) is 39.7. The fourth-order valence-corrected chi connectivity index (χ4v) is 3.18. The number of rotatable bonds is 1. The summed E-state index contributed by atoms with van der Waals surface area (Å²) in [6, 6.07) is 0. The maximum absolute atomic E-state index is 5.37. The first-order valence-corrected chi connectivity index (χ1v) is 5.95. The van der Waals surface area contributed by atoms with Crippen molar-refractivity contribution in [3.05, 3.63) is 0 Å². The molecule has 3 N–H and O–H groups in total. The van der Waals surface area contributed by atoms with Crippen LogP contribution in [0, 0.1) is 23.2 Å². The summed E-state index contributed by atoms with van der Waals surface area (Å²) in [5.41, 5.74) is 9.82. The molecule has 4 heteroatoms. The molecule has 2 aliphatic carbocycles. The van der Waals surface area contributed by atoms with Crippen molar-refractivity contribution >= 4 is 23.0 Å². The van der Waals surface area contributed by atoms with E-state index in [-0.39, 0.29) is 5.11 Å². The molecule has 2 aliphatic rings. The predicted molar refractivity (Wildman–Crippen MR) is 66.5 cm³/mol. The Morgan fingerprint density at radius 2 is 2.27 bits per heavy atom. The molecule has 2 saturated carbocycles. The Balaban J connectivity index is 2.12. The lowest BCUT2D eigenvalue weighted by Crippen LogP contribution is -2.35. The van der Waals surface area contributed by atoms with Crippen LogP contribution in [0.1, 0.15) is 33.6 Å². The topological polar surface area (TPSA) is 50.4 Å². The second-order valence-electron chi connectivity index (χ2n) is 5.43. The van der Waals surface area contributed by atoms with Crippen LogP contribution in [-0.4, -0.2) is 10.8 Å². The van der Waals surface area contributed by atoms with E-state index < -0.39 is 0 Å². The van der Waals surface area contributed by atoms with Crippen molar-refractivity contribution in [2.75, 3.05) is 0 Å². The Bertz CT molecular complexity index is 318. The van der Waals surface area contributed by atoms with E-state index in [1.54, 1.807) is 0 Å². The lowest BCUT2D eigenvalue weighted by molar-refractivity contribution is 0.182. The second-order valence-corrected chi connectivity index (χ2v) is 5.87. The third-order valence-electron chi connectivity index (χ3n) is 4.56. The smallest absolute Gasteiger partial charge is 0.184 e. The molecule has 0 radical (unpaired) electrons. The van der Waals surface area contributed by atoms with E-state index in [0.29, 0.717) is 17.3 Å². The molecular weight excluding hydrogens is 206 g/mol. The molecule has 0 aromatic heterocycles. The molecule has 2 bridgehead atoms. The zero-order valence-electron chi connectivity index (χ0n) is 9.58. The average molecular weight is 225 g/mol. The van der Waals surface area contributed by atoms with Crippen LogP contribution < -0.4 is 11.2 Å². The van der Waals surface area contributed by atoms with E-state index in [4.69, 9.17) is 18.0 Å². The first-order chi connectivity index (χ1) is 6.93. The molecule has 0 unspecified atom stereocenters. The highest BCUT2D eigenvalue weighted by Gasteiger charge is 2.53. The first kappa shape index (κ1) is 10.9. The molecule has 0 amide bonds. The van der Waals surface area contributed by atoms with Crippen LogP contribution in [0.4, 0.5) is 0 Å². The molecule has 0 aliphatic heterocycles. The lowest BCUT2D eigenvalue weighted by atomic mass is 9.69. The molecule has 3 atom stereocenters. The summed E-state index contributed by atoms with van der Waals surface area (Å²) in [4.78, 5) is 0. The molecule has 84 valence electrons. The number of nitrogens with one attached hydrogen (secondary N) is 1. The summed E-state index contributed by atoms with van der Waals surface area (Å²) in [5, 5.41) is 4.58. The summed E-state index contributed by atoms with van der Waals surface area (Å²) in [6.45, 7) is 7.08. The number of nitrogens with two attached hydrogens (primary N) is 1. The van der Waals surface area contributed by atoms with Gasteiger partial charge in [-0.2, -0.15) is 5.10 Å². The van der Waals surface area contributed by atoms with Crippen LogP contribution in [-0.2, 0) is 0 Å². The number of fused-ring (bicyclic) bond motifs is 2. The van der Waals surface area contributed by atoms with Crippen molar-refractivity contribution in [2.24, 2.45) is 34.0 Å². The zero-order valence-corrected chi connectivity index (χ0v) is 10.4. The highest BCUT2D eigenvalue weighted by molar-refractivity contribution is 7.80. The monoisotopic (exact) mass is 225 g/mol.